The molecule has 0 amide bonds. The summed E-state index contributed by atoms with van der Waals surface area (Å²) in [7, 11) is 0. The lowest BCUT2D eigenvalue weighted by Gasteiger charge is -2.08. The molecule has 0 saturated heterocycles. The van der Waals surface area contributed by atoms with Gasteiger partial charge in [0.25, 0.3) is 5.88 Å². The molecule has 0 spiro atoms. The third-order valence-corrected chi connectivity index (χ3v) is 3.61. The molecule has 134 valence electrons. The maximum absolute atomic E-state index is 12.6. The summed E-state index contributed by atoms with van der Waals surface area (Å²) >= 11 is 0. The second-order valence-electron chi connectivity index (χ2n) is 5.36. The fraction of sp³-hybridized carbons (Fsp3) is 0.118. The molecule has 0 unspecified atom stereocenters. The van der Waals surface area contributed by atoms with Crippen molar-refractivity contribution in [3.63, 3.8) is 0 Å². The molecule has 1 heterocycles. The minimum atomic E-state index is -4.37. The molecule has 0 aliphatic carbocycles. The molecule has 0 fully saturated rings. The van der Waals surface area contributed by atoms with Gasteiger partial charge in [0.15, 0.2) is 0 Å². The van der Waals surface area contributed by atoms with Gasteiger partial charge in [-0.1, -0.05) is 46.7 Å². The van der Waals surface area contributed by atoms with E-state index >= 15 is 0 Å². The molecule has 3 rings (SSSR count). The summed E-state index contributed by atoms with van der Waals surface area (Å²) in [6.07, 6.45) is -4.37. The van der Waals surface area contributed by atoms with E-state index in [4.69, 9.17) is 9.84 Å². The topological polar surface area (TPSA) is 88.1 Å². The largest absolute Gasteiger partial charge is 0.476 e. The SMILES string of the molecule is O=C(O)c1[nH]nnc1OCc1ccc(-c2ccc(C(F)(F)F)cc2)cc1. The Morgan fingerprint density at radius 1 is 1.04 bits per heavy atom. The van der Waals surface area contributed by atoms with E-state index in [1.165, 1.54) is 12.1 Å². The van der Waals surface area contributed by atoms with Crippen molar-refractivity contribution in [2.75, 3.05) is 0 Å². The molecule has 9 heteroatoms. The lowest BCUT2D eigenvalue weighted by Crippen LogP contribution is -2.04. The van der Waals surface area contributed by atoms with Crippen LogP contribution in [-0.4, -0.2) is 26.5 Å². The van der Waals surface area contributed by atoms with Crippen molar-refractivity contribution in [1.82, 2.24) is 15.4 Å². The predicted octanol–water partition coefficient (Wildman–Crippen LogP) is 3.77. The van der Waals surface area contributed by atoms with Crippen LogP contribution in [0.5, 0.6) is 5.88 Å². The number of H-pyrrole nitrogens is 1. The quantitative estimate of drug-likeness (QED) is 0.720. The van der Waals surface area contributed by atoms with E-state index in [2.05, 4.69) is 15.4 Å². The van der Waals surface area contributed by atoms with Crippen molar-refractivity contribution in [3.8, 4) is 17.0 Å². The van der Waals surface area contributed by atoms with E-state index in [9.17, 15) is 18.0 Å². The maximum Gasteiger partial charge on any atom is 0.416 e. The molecular formula is C17H12F3N3O3. The standard InChI is InChI=1S/C17H12F3N3O3/c18-17(19,20)13-7-5-12(6-8-13)11-3-1-10(2-4-11)9-26-15-14(16(24)25)21-23-22-15/h1-8H,9H2,(H,24,25)(H,21,22,23). The summed E-state index contributed by atoms with van der Waals surface area (Å²) in [5.74, 6) is -1.35. The monoisotopic (exact) mass is 363 g/mol. The van der Waals surface area contributed by atoms with Crippen LogP contribution in [0.25, 0.3) is 11.1 Å². The first-order valence-corrected chi connectivity index (χ1v) is 7.38. The number of aromatic carboxylic acids is 1. The molecule has 2 aromatic carbocycles. The summed E-state index contributed by atoms with van der Waals surface area (Å²) in [4.78, 5) is 10.9. The number of carboxylic acid groups (broad SMARTS) is 1. The van der Waals surface area contributed by atoms with Crippen LogP contribution < -0.4 is 4.74 Å². The van der Waals surface area contributed by atoms with Gasteiger partial charge in [-0.05, 0) is 28.8 Å². The van der Waals surface area contributed by atoms with E-state index in [0.717, 1.165) is 23.3 Å². The number of benzene rings is 2. The number of carbonyl (C=O) groups is 1. The maximum atomic E-state index is 12.6. The van der Waals surface area contributed by atoms with Crippen LogP contribution >= 0.6 is 0 Å². The van der Waals surface area contributed by atoms with Crippen LogP contribution in [0.2, 0.25) is 0 Å². The van der Waals surface area contributed by atoms with Crippen LogP contribution in [0.4, 0.5) is 13.2 Å². The third-order valence-electron chi connectivity index (χ3n) is 3.61. The second kappa shape index (κ2) is 6.87. The number of nitrogens with one attached hydrogen (secondary N) is 1. The van der Waals surface area contributed by atoms with E-state index in [1.807, 2.05) is 0 Å². The first-order valence-electron chi connectivity index (χ1n) is 7.38. The lowest BCUT2D eigenvalue weighted by atomic mass is 10.0. The van der Waals surface area contributed by atoms with Gasteiger partial charge in [-0.2, -0.15) is 13.2 Å². The number of halogens is 3. The minimum Gasteiger partial charge on any atom is -0.476 e. The van der Waals surface area contributed by atoms with Gasteiger partial charge in [0, 0.05) is 0 Å². The molecule has 1 aromatic heterocycles. The van der Waals surface area contributed by atoms with E-state index in [1.54, 1.807) is 24.3 Å². The Hall–Kier alpha value is -3.36. The first-order chi connectivity index (χ1) is 12.3. The second-order valence-corrected chi connectivity index (χ2v) is 5.36. The number of alkyl halides is 3. The molecule has 0 saturated carbocycles. The molecule has 0 bridgehead atoms. The van der Waals surface area contributed by atoms with Crippen LogP contribution in [-0.2, 0) is 12.8 Å². The molecule has 26 heavy (non-hydrogen) atoms. The third kappa shape index (κ3) is 3.82. The molecular weight excluding hydrogens is 351 g/mol. The van der Waals surface area contributed by atoms with Gasteiger partial charge in [-0.25, -0.2) is 9.89 Å². The number of aromatic amines is 1. The summed E-state index contributed by atoms with van der Waals surface area (Å²) in [5.41, 5.74) is 1.18. The van der Waals surface area contributed by atoms with Crippen LogP contribution in [0.15, 0.2) is 48.5 Å². The number of hydrogen-bond donors (Lipinski definition) is 2. The van der Waals surface area contributed by atoms with Gasteiger partial charge >= 0.3 is 12.1 Å². The normalized spacial score (nSPS) is 11.3. The van der Waals surface area contributed by atoms with Crippen molar-refractivity contribution < 1.29 is 27.8 Å². The van der Waals surface area contributed by atoms with Crippen molar-refractivity contribution in [2.45, 2.75) is 12.8 Å². The van der Waals surface area contributed by atoms with E-state index in [-0.39, 0.29) is 18.2 Å². The smallest absolute Gasteiger partial charge is 0.416 e. The Bertz CT molecular complexity index is 903. The van der Waals surface area contributed by atoms with E-state index < -0.39 is 17.7 Å². The zero-order valence-corrected chi connectivity index (χ0v) is 13.1. The molecule has 6 nitrogen and oxygen atoms in total. The van der Waals surface area contributed by atoms with Gasteiger partial charge in [-0.3, -0.25) is 0 Å². The molecule has 3 aromatic rings. The molecule has 0 atom stereocenters. The van der Waals surface area contributed by atoms with Gasteiger partial charge < -0.3 is 9.84 Å². The highest BCUT2D eigenvalue weighted by Crippen LogP contribution is 2.31. The highest BCUT2D eigenvalue weighted by atomic mass is 19.4. The molecule has 0 aliphatic heterocycles. The highest BCUT2D eigenvalue weighted by molar-refractivity contribution is 5.87. The average Bonchev–Trinajstić information content (AvgIpc) is 3.09. The number of carboxylic acids is 1. The number of aromatic nitrogens is 3. The molecule has 0 aliphatic rings. The lowest BCUT2D eigenvalue weighted by molar-refractivity contribution is -0.137. The number of ether oxygens (including phenoxy) is 1. The number of hydrogen-bond acceptors (Lipinski definition) is 4. The Morgan fingerprint density at radius 2 is 1.62 bits per heavy atom. The van der Waals surface area contributed by atoms with Crippen LogP contribution in [0.3, 0.4) is 0 Å². The van der Waals surface area contributed by atoms with Crippen LogP contribution in [0.1, 0.15) is 21.6 Å². The average molecular weight is 363 g/mol. The summed E-state index contributed by atoms with van der Waals surface area (Å²) in [6.45, 7) is 0.0695. The zero-order valence-electron chi connectivity index (χ0n) is 13.1. The number of rotatable bonds is 5. The fourth-order valence-corrected chi connectivity index (χ4v) is 2.26. The first kappa shape index (κ1) is 17.5. The fourth-order valence-electron chi connectivity index (χ4n) is 2.26. The molecule has 2 N–H and O–H groups in total. The van der Waals surface area contributed by atoms with Crippen molar-refractivity contribution >= 4 is 5.97 Å². The van der Waals surface area contributed by atoms with Gasteiger partial charge in [0.05, 0.1) is 5.56 Å². The molecule has 0 radical (unpaired) electrons. The Kier molecular flexibility index (Phi) is 4.61. The Labute approximate surface area is 145 Å². The minimum absolute atomic E-state index is 0.0695. The van der Waals surface area contributed by atoms with E-state index in [0.29, 0.717) is 5.56 Å². The van der Waals surface area contributed by atoms with Crippen molar-refractivity contribution in [1.29, 1.82) is 0 Å². The summed E-state index contributed by atoms with van der Waals surface area (Å²) in [5, 5.41) is 18.1. The Balaban J connectivity index is 1.68. The number of nitrogens with zero attached hydrogens (tertiary/aromatic N) is 2. The van der Waals surface area contributed by atoms with Crippen molar-refractivity contribution in [2.24, 2.45) is 0 Å². The zero-order chi connectivity index (χ0) is 18.7. The summed E-state index contributed by atoms with van der Waals surface area (Å²) in [6, 6.07) is 11.8. The van der Waals surface area contributed by atoms with Crippen LogP contribution in [0, 0.1) is 0 Å². The van der Waals surface area contributed by atoms with Gasteiger partial charge in [0.2, 0.25) is 5.69 Å². The van der Waals surface area contributed by atoms with Crippen molar-refractivity contribution in [3.05, 3.63) is 65.4 Å². The Morgan fingerprint density at radius 3 is 2.15 bits per heavy atom. The summed E-state index contributed by atoms with van der Waals surface area (Å²) < 4.78 is 43.1. The predicted molar refractivity (Wildman–Crippen MR) is 84.6 cm³/mol. The van der Waals surface area contributed by atoms with Gasteiger partial charge in [-0.15, -0.1) is 0 Å². The van der Waals surface area contributed by atoms with Gasteiger partial charge in [0.1, 0.15) is 6.61 Å². The highest BCUT2D eigenvalue weighted by Gasteiger charge is 2.29.